The molecule has 0 spiro atoms. The first-order valence-corrected chi connectivity index (χ1v) is 12.0. The molecule has 5 rings (SSSR count). The van der Waals surface area contributed by atoms with Crippen LogP contribution in [-0.4, -0.2) is 59.2 Å². The van der Waals surface area contributed by atoms with Crippen LogP contribution in [0.2, 0.25) is 10.0 Å². The molecule has 0 saturated carbocycles. The van der Waals surface area contributed by atoms with Crippen LogP contribution in [0.3, 0.4) is 0 Å². The number of amides is 1. The molecule has 3 heterocycles. The van der Waals surface area contributed by atoms with Crippen molar-refractivity contribution in [2.75, 3.05) is 43.4 Å². The molecule has 3 aromatic rings. The number of para-hydroxylation sites is 1. The van der Waals surface area contributed by atoms with Crippen molar-refractivity contribution >= 4 is 74.7 Å². The van der Waals surface area contributed by atoms with E-state index in [0.717, 1.165) is 48.6 Å². The van der Waals surface area contributed by atoms with E-state index >= 15 is 0 Å². The molecule has 0 atom stereocenters. The highest BCUT2D eigenvalue weighted by Gasteiger charge is 2.23. The number of carbonyl (C=O) groups excluding carboxylic acids is 1. The molecule has 1 saturated heterocycles. The number of rotatable bonds is 3. The van der Waals surface area contributed by atoms with Gasteiger partial charge in [0, 0.05) is 26.2 Å². The third-order valence-electron chi connectivity index (χ3n) is 5.49. The molecule has 2 aliphatic rings. The zero-order chi connectivity index (χ0) is 22.9. The molecule has 0 radical (unpaired) electrons. The maximum Gasteiger partial charge on any atom is 0.286 e. The van der Waals surface area contributed by atoms with Gasteiger partial charge < -0.3 is 15.1 Å². The van der Waals surface area contributed by atoms with Crippen molar-refractivity contribution in [2.45, 2.75) is 0 Å². The number of hydrogen-bond acceptors (Lipinski definition) is 7. The van der Waals surface area contributed by atoms with Crippen LogP contribution in [0, 0.1) is 0 Å². The summed E-state index contributed by atoms with van der Waals surface area (Å²) in [4.78, 5) is 31.0. The predicted molar refractivity (Wildman–Crippen MR) is 137 cm³/mol. The summed E-state index contributed by atoms with van der Waals surface area (Å²) < 4.78 is 0. The highest BCUT2D eigenvalue weighted by atomic mass is 35.5. The highest BCUT2D eigenvalue weighted by molar-refractivity contribution is 8.18. The lowest BCUT2D eigenvalue weighted by Crippen LogP contribution is -2.44. The Kier molecular flexibility index (Phi) is 6.25. The van der Waals surface area contributed by atoms with Crippen LogP contribution in [0.15, 0.2) is 52.5 Å². The van der Waals surface area contributed by atoms with Gasteiger partial charge in [-0.3, -0.25) is 9.78 Å². The summed E-state index contributed by atoms with van der Waals surface area (Å²) in [6, 6.07) is 11.0. The molecule has 0 bridgehead atoms. The lowest BCUT2D eigenvalue weighted by molar-refractivity contribution is -0.113. The van der Waals surface area contributed by atoms with Crippen LogP contribution in [0.1, 0.15) is 5.56 Å². The first-order chi connectivity index (χ1) is 16.0. The second-order valence-corrected chi connectivity index (χ2v) is 9.67. The van der Waals surface area contributed by atoms with Crippen LogP contribution < -0.4 is 10.2 Å². The normalized spacial score (nSPS) is 18.3. The van der Waals surface area contributed by atoms with Crippen molar-refractivity contribution in [1.29, 1.82) is 0 Å². The van der Waals surface area contributed by atoms with E-state index in [9.17, 15) is 4.79 Å². The zero-order valence-electron chi connectivity index (χ0n) is 17.8. The molecule has 2 aromatic carbocycles. The Balaban J connectivity index is 1.36. The van der Waals surface area contributed by atoms with Crippen LogP contribution >= 0.6 is 35.0 Å². The molecule has 10 heteroatoms. The maximum atomic E-state index is 12.5. The summed E-state index contributed by atoms with van der Waals surface area (Å²) in [5.41, 5.74) is 2.99. The minimum Gasteiger partial charge on any atom is -0.353 e. The van der Waals surface area contributed by atoms with Crippen molar-refractivity contribution in [3.05, 3.63) is 63.1 Å². The van der Waals surface area contributed by atoms with E-state index in [-0.39, 0.29) is 5.91 Å². The number of thioether (sulfide) groups is 1. The van der Waals surface area contributed by atoms with Gasteiger partial charge in [0.1, 0.15) is 5.82 Å². The minimum atomic E-state index is -0.317. The van der Waals surface area contributed by atoms with Gasteiger partial charge in [-0.2, -0.15) is 4.99 Å². The minimum absolute atomic E-state index is 0.317. The first-order valence-electron chi connectivity index (χ1n) is 10.4. The number of nitrogens with zero attached hydrogens (tertiary/aromatic N) is 5. The van der Waals surface area contributed by atoms with Gasteiger partial charge in [0.25, 0.3) is 5.91 Å². The van der Waals surface area contributed by atoms with Crippen molar-refractivity contribution in [2.24, 2.45) is 4.99 Å². The third-order valence-corrected chi connectivity index (χ3v) is 7.02. The van der Waals surface area contributed by atoms with Crippen LogP contribution in [-0.2, 0) is 4.79 Å². The molecule has 0 unspecified atom stereocenters. The third kappa shape index (κ3) is 4.84. The van der Waals surface area contributed by atoms with Gasteiger partial charge >= 0.3 is 0 Å². The van der Waals surface area contributed by atoms with E-state index in [0.29, 0.717) is 25.8 Å². The molecular weight excluding hydrogens is 479 g/mol. The Bertz CT molecular complexity index is 1280. The van der Waals surface area contributed by atoms with Crippen molar-refractivity contribution in [3.8, 4) is 0 Å². The Morgan fingerprint density at radius 2 is 1.82 bits per heavy atom. The summed E-state index contributed by atoms with van der Waals surface area (Å²) in [5.74, 6) is 0.557. The molecule has 0 aliphatic carbocycles. The number of likely N-dealkylation sites (N-methyl/N-ethyl adjacent to an activating group) is 1. The fourth-order valence-electron chi connectivity index (χ4n) is 3.63. The SMILES string of the molecule is CN1CCN(c2cnc3ccc(/C=C4/SC(Nc5c(Cl)cccc5Cl)=NC4=O)cc3n2)CC1. The van der Waals surface area contributed by atoms with Gasteiger partial charge in [0.2, 0.25) is 0 Å². The number of nitrogens with one attached hydrogen (secondary N) is 1. The molecule has 1 fully saturated rings. The lowest BCUT2D eigenvalue weighted by Gasteiger charge is -2.33. The fraction of sp³-hybridized carbons (Fsp3) is 0.217. The molecule has 1 aromatic heterocycles. The van der Waals surface area contributed by atoms with Crippen molar-refractivity contribution in [3.63, 3.8) is 0 Å². The summed E-state index contributed by atoms with van der Waals surface area (Å²) in [6.07, 6.45) is 3.64. The molecule has 168 valence electrons. The summed E-state index contributed by atoms with van der Waals surface area (Å²) in [6.45, 7) is 3.85. The number of carbonyl (C=O) groups is 1. The standard InChI is InChI=1S/C23H20Cl2N6OS/c1-30-7-9-31(10-8-30)20-13-26-17-6-5-14(11-18(17)27-20)12-19-22(32)29-23(33-19)28-21-15(24)3-2-4-16(21)25/h2-6,11-13H,7-10H2,1H3,(H,28,29,32)/b19-12+. The van der Waals surface area contributed by atoms with E-state index in [1.807, 2.05) is 30.5 Å². The summed E-state index contributed by atoms with van der Waals surface area (Å²) in [5, 5.41) is 4.40. The zero-order valence-corrected chi connectivity index (χ0v) is 20.1. The fourth-order valence-corrected chi connectivity index (χ4v) is 4.94. The molecule has 7 nitrogen and oxygen atoms in total. The number of piperazine rings is 1. The van der Waals surface area contributed by atoms with Crippen LogP contribution in [0.5, 0.6) is 0 Å². The number of amidine groups is 1. The van der Waals surface area contributed by atoms with Gasteiger partial charge in [-0.15, -0.1) is 0 Å². The maximum absolute atomic E-state index is 12.5. The molecule has 2 aliphatic heterocycles. The largest absolute Gasteiger partial charge is 0.353 e. The lowest BCUT2D eigenvalue weighted by atomic mass is 10.1. The average molecular weight is 499 g/mol. The number of fused-ring (bicyclic) bond motifs is 1. The van der Waals surface area contributed by atoms with Gasteiger partial charge in [-0.25, -0.2) is 4.98 Å². The second-order valence-electron chi connectivity index (χ2n) is 7.82. The number of aromatic nitrogens is 2. The van der Waals surface area contributed by atoms with Gasteiger partial charge in [-0.1, -0.05) is 35.3 Å². The number of anilines is 2. The van der Waals surface area contributed by atoms with E-state index in [1.165, 1.54) is 11.8 Å². The Hall–Kier alpha value is -2.65. The second kappa shape index (κ2) is 9.30. The van der Waals surface area contributed by atoms with E-state index in [2.05, 4.69) is 32.1 Å². The number of aliphatic imine (C=N–C) groups is 1. The molecular formula is C23H20Cl2N6OS. The van der Waals surface area contributed by atoms with Gasteiger partial charge in [0.15, 0.2) is 5.17 Å². The summed E-state index contributed by atoms with van der Waals surface area (Å²) in [7, 11) is 2.12. The summed E-state index contributed by atoms with van der Waals surface area (Å²) >= 11 is 13.7. The van der Waals surface area contributed by atoms with Gasteiger partial charge in [0.05, 0.1) is 37.9 Å². The smallest absolute Gasteiger partial charge is 0.286 e. The highest BCUT2D eigenvalue weighted by Crippen LogP contribution is 2.34. The monoisotopic (exact) mass is 498 g/mol. The first kappa shape index (κ1) is 22.2. The number of halogens is 2. The van der Waals surface area contributed by atoms with Gasteiger partial charge in [-0.05, 0) is 54.7 Å². The quantitative estimate of drug-likeness (QED) is 0.521. The van der Waals surface area contributed by atoms with Crippen LogP contribution in [0.25, 0.3) is 17.1 Å². The average Bonchev–Trinajstić information content (AvgIpc) is 3.15. The number of benzene rings is 2. The Morgan fingerprint density at radius 3 is 2.58 bits per heavy atom. The van der Waals surface area contributed by atoms with E-state index in [4.69, 9.17) is 28.2 Å². The Morgan fingerprint density at radius 1 is 1.06 bits per heavy atom. The molecule has 1 N–H and O–H groups in total. The Labute approximate surface area is 205 Å². The van der Waals surface area contributed by atoms with E-state index in [1.54, 1.807) is 18.2 Å². The topological polar surface area (TPSA) is 73.7 Å². The molecule has 1 amide bonds. The van der Waals surface area contributed by atoms with Crippen molar-refractivity contribution in [1.82, 2.24) is 14.9 Å². The van der Waals surface area contributed by atoms with Crippen LogP contribution in [0.4, 0.5) is 11.5 Å². The van der Waals surface area contributed by atoms with E-state index < -0.39 is 0 Å². The predicted octanol–water partition coefficient (Wildman–Crippen LogP) is 4.77. The van der Waals surface area contributed by atoms with Crippen molar-refractivity contribution < 1.29 is 4.79 Å². The molecule has 33 heavy (non-hydrogen) atoms. The number of hydrogen-bond donors (Lipinski definition) is 1.